The van der Waals surface area contributed by atoms with E-state index in [1.54, 1.807) is 0 Å². The first-order chi connectivity index (χ1) is 10.2. The third-order valence-corrected chi connectivity index (χ3v) is 2.64. The highest BCUT2D eigenvalue weighted by Gasteiger charge is 2.09. The molecule has 0 radical (unpaired) electrons. The lowest BCUT2D eigenvalue weighted by atomic mass is 10.2. The van der Waals surface area contributed by atoms with Gasteiger partial charge < -0.3 is 9.47 Å². The number of hydrogen-bond donors (Lipinski definition) is 0. The fourth-order valence-corrected chi connectivity index (χ4v) is 1.75. The molecule has 0 unspecified atom stereocenters. The van der Waals surface area contributed by atoms with E-state index in [2.05, 4.69) is 15.0 Å². The molecule has 0 aliphatic carbocycles. The second-order valence-corrected chi connectivity index (χ2v) is 4.50. The lowest BCUT2D eigenvalue weighted by Crippen LogP contribution is -2.03. The summed E-state index contributed by atoms with van der Waals surface area (Å²) >= 11 is 5.86. The number of allylic oxidation sites excluding steroid dienone is 1. The number of nitrogens with zero attached hydrogens (tertiary/aromatic N) is 3. The summed E-state index contributed by atoms with van der Waals surface area (Å²) < 4.78 is 11.0. The molecule has 0 aliphatic rings. The average Bonchev–Trinajstić information content (AvgIpc) is 2.47. The topological polar surface area (TPSA) is 57.1 Å². The second-order valence-electron chi connectivity index (χ2n) is 4.16. The molecular formula is C15H16ClN3O2. The van der Waals surface area contributed by atoms with Gasteiger partial charge in [0.1, 0.15) is 5.75 Å². The molecule has 0 fully saturated rings. The van der Waals surface area contributed by atoms with Gasteiger partial charge in [-0.3, -0.25) is 0 Å². The molecule has 0 N–H and O–H groups in total. The normalized spacial score (nSPS) is 10.8. The Balaban J connectivity index is 2.25. The Bertz CT molecular complexity index is 632. The van der Waals surface area contributed by atoms with Crippen LogP contribution in [0.5, 0.6) is 17.8 Å². The molecule has 21 heavy (non-hydrogen) atoms. The summed E-state index contributed by atoms with van der Waals surface area (Å²) in [4.78, 5) is 11.9. The smallest absolute Gasteiger partial charge is 0.329 e. The van der Waals surface area contributed by atoms with Crippen LogP contribution in [0.3, 0.4) is 0 Å². The fraction of sp³-hybridized carbons (Fsp3) is 0.267. The quantitative estimate of drug-likeness (QED) is 0.802. The van der Waals surface area contributed by atoms with E-state index >= 15 is 0 Å². The summed E-state index contributed by atoms with van der Waals surface area (Å²) in [6.45, 7) is 4.44. The van der Waals surface area contributed by atoms with Gasteiger partial charge in [0, 0.05) is 5.56 Å². The highest BCUT2D eigenvalue weighted by Crippen LogP contribution is 2.25. The van der Waals surface area contributed by atoms with Crippen LogP contribution < -0.4 is 9.47 Å². The van der Waals surface area contributed by atoms with Crippen molar-refractivity contribution in [2.75, 3.05) is 6.61 Å². The largest absolute Gasteiger partial charge is 0.463 e. The average molecular weight is 306 g/mol. The molecule has 1 heterocycles. The Labute approximate surface area is 128 Å². The third kappa shape index (κ3) is 4.43. The number of para-hydroxylation sites is 1. The van der Waals surface area contributed by atoms with Crippen molar-refractivity contribution in [1.82, 2.24) is 15.0 Å². The van der Waals surface area contributed by atoms with Gasteiger partial charge in [0.15, 0.2) is 0 Å². The molecule has 0 spiro atoms. The van der Waals surface area contributed by atoms with Gasteiger partial charge in [0.2, 0.25) is 5.28 Å². The molecule has 0 amide bonds. The van der Waals surface area contributed by atoms with Crippen LogP contribution in [0.2, 0.25) is 5.28 Å². The molecular weight excluding hydrogens is 290 g/mol. The van der Waals surface area contributed by atoms with E-state index in [4.69, 9.17) is 21.1 Å². The Morgan fingerprint density at radius 2 is 1.90 bits per heavy atom. The van der Waals surface area contributed by atoms with E-state index in [0.717, 1.165) is 12.0 Å². The summed E-state index contributed by atoms with van der Waals surface area (Å²) in [6.07, 6.45) is 4.72. The third-order valence-electron chi connectivity index (χ3n) is 2.47. The van der Waals surface area contributed by atoms with Crippen molar-refractivity contribution in [2.24, 2.45) is 0 Å². The van der Waals surface area contributed by atoms with Crippen molar-refractivity contribution in [1.29, 1.82) is 0 Å². The van der Waals surface area contributed by atoms with Crippen LogP contribution in [0.4, 0.5) is 0 Å². The first-order valence-corrected chi connectivity index (χ1v) is 7.04. The Morgan fingerprint density at radius 1 is 1.14 bits per heavy atom. The molecule has 0 bridgehead atoms. The zero-order valence-electron chi connectivity index (χ0n) is 11.9. The van der Waals surface area contributed by atoms with Crippen molar-refractivity contribution in [3.05, 3.63) is 41.2 Å². The number of rotatable bonds is 6. The monoisotopic (exact) mass is 305 g/mol. The zero-order chi connectivity index (χ0) is 15.1. The lowest BCUT2D eigenvalue weighted by Gasteiger charge is -2.08. The van der Waals surface area contributed by atoms with Crippen LogP contribution in [0.1, 0.15) is 25.8 Å². The molecule has 5 nitrogen and oxygen atoms in total. The highest BCUT2D eigenvalue weighted by atomic mass is 35.5. The number of aromatic nitrogens is 3. The number of benzene rings is 1. The first kappa shape index (κ1) is 15.3. The predicted octanol–water partition coefficient (Wildman–Crippen LogP) is 4.14. The van der Waals surface area contributed by atoms with Gasteiger partial charge in [-0.2, -0.15) is 9.97 Å². The maximum absolute atomic E-state index is 5.86. The SMILES string of the molecule is CC=Cc1ccccc1Oc1nc(Cl)nc(OCCC)n1. The predicted molar refractivity (Wildman–Crippen MR) is 81.8 cm³/mol. The Kier molecular flexibility index (Phi) is 5.51. The molecule has 1 aromatic carbocycles. The van der Waals surface area contributed by atoms with Gasteiger partial charge in [0.25, 0.3) is 0 Å². The van der Waals surface area contributed by atoms with Crippen LogP contribution in [0.25, 0.3) is 6.08 Å². The van der Waals surface area contributed by atoms with Crippen LogP contribution in [-0.2, 0) is 0 Å². The van der Waals surface area contributed by atoms with E-state index in [1.165, 1.54) is 0 Å². The van der Waals surface area contributed by atoms with E-state index < -0.39 is 0 Å². The number of ether oxygens (including phenoxy) is 2. The van der Waals surface area contributed by atoms with Crippen molar-refractivity contribution in [3.63, 3.8) is 0 Å². The van der Waals surface area contributed by atoms with Crippen molar-refractivity contribution < 1.29 is 9.47 Å². The fourth-order valence-electron chi connectivity index (χ4n) is 1.61. The van der Waals surface area contributed by atoms with Crippen molar-refractivity contribution in [3.8, 4) is 17.8 Å². The van der Waals surface area contributed by atoms with E-state index in [0.29, 0.717) is 12.4 Å². The maximum atomic E-state index is 5.86. The molecule has 110 valence electrons. The Morgan fingerprint density at radius 3 is 2.67 bits per heavy atom. The van der Waals surface area contributed by atoms with Gasteiger partial charge >= 0.3 is 12.0 Å². The summed E-state index contributed by atoms with van der Waals surface area (Å²) in [5.41, 5.74) is 0.924. The highest BCUT2D eigenvalue weighted by molar-refractivity contribution is 6.28. The van der Waals surface area contributed by atoms with E-state index in [-0.39, 0.29) is 17.3 Å². The van der Waals surface area contributed by atoms with Crippen LogP contribution in [0.15, 0.2) is 30.3 Å². The van der Waals surface area contributed by atoms with Crippen molar-refractivity contribution >= 4 is 17.7 Å². The first-order valence-electron chi connectivity index (χ1n) is 6.67. The van der Waals surface area contributed by atoms with E-state index in [9.17, 15) is 0 Å². The molecule has 1 aromatic heterocycles. The standard InChI is InChI=1S/C15H16ClN3O2/c1-3-7-11-8-5-6-9-12(11)21-15-18-13(16)17-14(19-15)20-10-4-2/h3,5-9H,4,10H2,1-2H3. The Hall–Kier alpha value is -2.14. The maximum Gasteiger partial charge on any atom is 0.329 e. The number of halogens is 1. The molecule has 0 atom stereocenters. The molecule has 0 saturated heterocycles. The van der Waals surface area contributed by atoms with Crippen LogP contribution in [-0.4, -0.2) is 21.6 Å². The molecule has 2 aromatic rings. The van der Waals surface area contributed by atoms with Gasteiger partial charge in [-0.1, -0.05) is 37.3 Å². The lowest BCUT2D eigenvalue weighted by molar-refractivity contribution is 0.284. The van der Waals surface area contributed by atoms with E-state index in [1.807, 2.05) is 50.3 Å². The second kappa shape index (κ2) is 7.59. The molecule has 0 saturated carbocycles. The van der Waals surface area contributed by atoms with Gasteiger partial charge in [0.05, 0.1) is 6.61 Å². The molecule has 2 rings (SSSR count). The number of hydrogen-bond acceptors (Lipinski definition) is 5. The minimum atomic E-state index is 0.0367. The molecule has 6 heteroatoms. The van der Waals surface area contributed by atoms with Gasteiger partial charge in [-0.05, 0) is 31.0 Å². The summed E-state index contributed by atoms with van der Waals surface area (Å²) in [6, 6.07) is 7.85. The minimum Gasteiger partial charge on any atom is -0.463 e. The summed E-state index contributed by atoms with van der Waals surface area (Å²) in [7, 11) is 0. The van der Waals surface area contributed by atoms with Crippen molar-refractivity contribution in [2.45, 2.75) is 20.3 Å². The zero-order valence-corrected chi connectivity index (χ0v) is 12.7. The van der Waals surface area contributed by atoms with Crippen LogP contribution >= 0.6 is 11.6 Å². The van der Waals surface area contributed by atoms with Gasteiger partial charge in [-0.25, -0.2) is 0 Å². The van der Waals surface area contributed by atoms with Crippen LogP contribution in [0, 0.1) is 0 Å². The molecule has 0 aliphatic heterocycles. The summed E-state index contributed by atoms with van der Waals surface area (Å²) in [5, 5.41) is 0.0367. The minimum absolute atomic E-state index is 0.0367. The summed E-state index contributed by atoms with van der Waals surface area (Å²) in [5.74, 6) is 0.638. The van der Waals surface area contributed by atoms with Gasteiger partial charge in [-0.15, -0.1) is 4.98 Å².